The van der Waals surface area contributed by atoms with Crippen molar-refractivity contribution >= 4 is 9.28 Å². The van der Waals surface area contributed by atoms with Gasteiger partial charge in [-0.1, -0.05) is 0 Å². The van der Waals surface area contributed by atoms with E-state index in [1.807, 2.05) is 21.1 Å². The molecule has 0 amide bonds. The van der Waals surface area contributed by atoms with Crippen molar-refractivity contribution in [1.29, 1.82) is 0 Å². The van der Waals surface area contributed by atoms with Gasteiger partial charge in [-0.05, 0) is 21.1 Å². The summed E-state index contributed by atoms with van der Waals surface area (Å²) in [6, 6.07) is 0. The van der Waals surface area contributed by atoms with Gasteiger partial charge in [0.05, 0.1) is 0 Å². The largest absolute Gasteiger partial charge is 0.373 e. The zero-order valence-corrected chi connectivity index (χ0v) is 7.57. The molecule has 0 aliphatic rings. The molecule has 0 aromatic heterocycles. The van der Waals surface area contributed by atoms with Crippen molar-refractivity contribution in [2.75, 3.05) is 21.1 Å². The fraction of sp³-hybridized carbons (Fsp3) is 1.00. The van der Waals surface area contributed by atoms with Crippen LogP contribution in [0.15, 0.2) is 0 Å². The van der Waals surface area contributed by atoms with E-state index >= 15 is 0 Å². The summed E-state index contributed by atoms with van der Waals surface area (Å²) in [5.74, 6) is 0. The van der Waals surface area contributed by atoms with Gasteiger partial charge in [-0.2, -0.15) is 0 Å². The molecule has 0 aromatic carbocycles. The molecule has 0 saturated heterocycles. The van der Waals surface area contributed by atoms with Gasteiger partial charge in [0, 0.05) is 0 Å². The Labute approximate surface area is 62.3 Å². The molecule has 0 atom stereocenters. The molecule has 0 fully saturated rings. The molecule has 10 heavy (non-hydrogen) atoms. The van der Waals surface area contributed by atoms with Crippen LogP contribution in [0.4, 0.5) is 0 Å². The van der Waals surface area contributed by atoms with Gasteiger partial charge in [0.15, 0.2) is 0 Å². The minimum Gasteiger partial charge on any atom is -0.373 e. The summed E-state index contributed by atoms with van der Waals surface area (Å²) in [4.78, 5) is 10.9. The van der Waals surface area contributed by atoms with E-state index in [2.05, 4.69) is 14.9 Å². The maximum atomic E-state index is 6.75. The lowest BCUT2D eigenvalue weighted by atomic mass is 11.6. The molecule has 0 saturated carbocycles. The van der Waals surface area contributed by atoms with E-state index in [1.165, 1.54) is 4.91 Å². The Morgan fingerprint density at radius 2 is 1.20 bits per heavy atom. The maximum Gasteiger partial charge on any atom is 0.263 e. The molecule has 0 aliphatic carbocycles. The van der Waals surface area contributed by atoms with Gasteiger partial charge in [0.25, 0.3) is 9.28 Å². The van der Waals surface area contributed by atoms with Crippen LogP contribution >= 0.6 is 0 Å². The molecule has 0 aliphatic heterocycles. The average Bonchev–Trinajstić information content (AvgIpc) is 1.93. The third-order valence-corrected chi connectivity index (χ3v) is 2.60. The van der Waals surface area contributed by atoms with E-state index in [4.69, 9.17) is 11.1 Å². The van der Waals surface area contributed by atoms with Crippen molar-refractivity contribution in [2.45, 2.75) is 0 Å². The van der Waals surface area contributed by atoms with Gasteiger partial charge >= 0.3 is 0 Å². The first kappa shape index (κ1) is 12.1. The number of hydrogen-bond acceptors (Lipinski definition) is 3. The quantitative estimate of drug-likeness (QED) is 0.219. The third-order valence-electron chi connectivity index (χ3n) is 0.866. The summed E-state index contributed by atoms with van der Waals surface area (Å²) < 4.78 is 0. The second-order valence-electron chi connectivity index (χ2n) is 1.39. The lowest BCUT2D eigenvalue weighted by Crippen LogP contribution is -2.53. The van der Waals surface area contributed by atoms with Crippen LogP contribution in [0, 0.1) is 0 Å². The Morgan fingerprint density at radius 1 is 1.00 bits per heavy atom. The summed E-state index contributed by atoms with van der Waals surface area (Å²) in [7, 11) is 4.92. The summed E-state index contributed by atoms with van der Waals surface area (Å²) in [5.41, 5.74) is 13.5. The summed E-state index contributed by atoms with van der Waals surface area (Å²) >= 11 is 0. The van der Waals surface area contributed by atoms with Crippen LogP contribution in [0.3, 0.4) is 0 Å². The topological polar surface area (TPSA) is 94.8 Å². The normalized spacial score (nSPS) is 8.00. The summed E-state index contributed by atoms with van der Waals surface area (Å²) in [5, 5.41) is 0. The number of rotatable bonds is 3. The zero-order chi connectivity index (χ0) is 8.41. The molecule has 0 spiro atoms. The number of nitrogens with one attached hydrogen (secondary N) is 3. The van der Waals surface area contributed by atoms with Crippen molar-refractivity contribution in [3.05, 3.63) is 16.0 Å². The zero-order valence-electron chi connectivity index (χ0n) is 6.42. The molecule has 7 heteroatoms. The minimum atomic E-state index is -0.921. The van der Waals surface area contributed by atoms with Crippen molar-refractivity contribution in [3.63, 3.8) is 0 Å². The van der Waals surface area contributed by atoms with E-state index < -0.39 is 9.28 Å². The Bertz CT molecular complexity index is 79.5. The second-order valence-corrected chi connectivity index (χ2v) is 3.99. The van der Waals surface area contributed by atoms with E-state index in [0.29, 0.717) is 0 Å². The third kappa shape index (κ3) is 10.4. The van der Waals surface area contributed by atoms with Crippen LogP contribution in [0.2, 0.25) is 0 Å². The molecule has 6 nitrogen and oxygen atoms in total. The SMILES string of the molecule is CN[SiH](NC)NC.[N-]=[N+]=[N-]. The maximum absolute atomic E-state index is 6.75. The van der Waals surface area contributed by atoms with Crippen LogP contribution in [0.5, 0.6) is 0 Å². The molecule has 60 valence electrons. The monoisotopic (exact) mass is 161 g/mol. The first-order valence-corrected chi connectivity index (χ1v) is 4.50. The van der Waals surface area contributed by atoms with Crippen LogP contribution in [0.1, 0.15) is 0 Å². The fourth-order valence-electron chi connectivity index (χ4n) is 0.433. The molecule has 0 aromatic rings. The lowest BCUT2D eigenvalue weighted by Gasteiger charge is -2.08. The van der Waals surface area contributed by atoms with Gasteiger partial charge < -0.3 is 26.0 Å². The smallest absolute Gasteiger partial charge is 0.263 e. The van der Waals surface area contributed by atoms with Crippen molar-refractivity contribution in [3.8, 4) is 0 Å². The minimum absolute atomic E-state index is 0.921. The van der Waals surface area contributed by atoms with Gasteiger partial charge in [-0.25, -0.2) is 0 Å². The highest BCUT2D eigenvalue weighted by molar-refractivity contribution is 6.49. The summed E-state index contributed by atoms with van der Waals surface area (Å²) in [6.45, 7) is 0. The molecule has 0 heterocycles. The number of nitrogens with zero attached hydrogens (tertiary/aromatic N) is 3. The van der Waals surface area contributed by atoms with Gasteiger partial charge in [0.2, 0.25) is 0 Å². The van der Waals surface area contributed by atoms with Crippen LogP contribution < -0.4 is 14.9 Å². The van der Waals surface area contributed by atoms with Crippen molar-refractivity contribution < 1.29 is 0 Å². The first-order chi connectivity index (χ1) is 4.76. The van der Waals surface area contributed by atoms with E-state index in [-0.39, 0.29) is 0 Å². The number of hydrogen-bond donors (Lipinski definition) is 3. The molecular weight excluding hydrogens is 148 g/mol. The highest BCUT2D eigenvalue weighted by Gasteiger charge is 1.96. The van der Waals surface area contributed by atoms with Crippen molar-refractivity contribution in [2.24, 2.45) is 0 Å². The Morgan fingerprint density at radius 3 is 1.20 bits per heavy atom. The van der Waals surface area contributed by atoms with Gasteiger partial charge in [0.1, 0.15) is 0 Å². The van der Waals surface area contributed by atoms with Crippen LogP contribution in [0.25, 0.3) is 16.0 Å². The molecule has 0 bridgehead atoms. The molecule has 0 rings (SSSR count). The second kappa shape index (κ2) is 11.2. The van der Waals surface area contributed by atoms with E-state index in [9.17, 15) is 0 Å². The lowest BCUT2D eigenvalue weighted by molar-refractivity contribution is 0.981. The fourth-order valence-corrected chi connectivity index (χ4v) is 1.30. The van der Waals surface area contributed by atoms with Gasteiger partial charge in [-0.3, -0.25) is 4.91 Å². The van der Waals surface area contributed by atoms with E-state index in [1.54, 1.807) is 0 Å². The molecule has 0 radical (unpaired) electrons. The van der Waals surface area contributed by atoms with Crippen LogP contribution in [-0.2, 0) is 0 Å². The molecule has 3 N–H and O–H groups in total. The predicted octanol–water partition coefficient (Wildman–Crippen LogP) is -0.772. The Kier molecular flexibility index (Phi) is 13.6. The average molecular weight is 161 g/mol. The summed E-state index contributed by atoms with van der Waals surface area (Å²) in [6.07, 6.45) is 0. The van der Waals surface area contributed by atoms with E-state index in [0.717, 1.165) is 0 Å². The predicted molar refractivity (Wildman–Crippen MR) is 44.4 cm³/mol. The Hall–Kier alpha value is -0.593. The Balaban J connectivity index is 0. The highest BCUT2D eigenvalue weighted by Crippen LogP contribution is 1.49. The molecule has 0 unspecified atom stereocenters. The highest BCUT2D eigenvalue weighted by atomic mass is 28.3. The molecular formula is C3H13N6Si-. The van der Waals surface area contributed by atoms with Crippen LogP contribution in [-0.4, -0.2) is 30.4 Å². The first-order valence-electron chi connectivity index (χ1n) is 2.77. The van der Waals surface area contributed by atoms with Gasteiger partial charge in [-0.15, -0.1) is 0 Å². The standard InChI is InChI=1S/C3H13N3Si.N3/c1-4-7(5-2)6-3;1-3-2/h4-7H,1-3H3;/q;-1. The van der Waals surface area contributed by atoms with Crippen molar-refractivity contribution in [1.82, 2.24) is 14.9 Å².